The zero-order valence-corrected chi connectivity index (χ0v) is 16.5. The lowest BCUT2D eigenvalue weighted by Crippen LogP contribution is -2.50. The number of aryl methyl sites for hydroxylation is 1. The van der Waals surface area contributed by atoms with Crippen molar-refractivity contribution in [1.82, 2.24) is 4.90 Å². The second-order valence-electron chi connectivity index (χ2n) is 6.18. The molecule has 0 radical (unpaired) electrons. The van der Waals surface area contributed by atoms with Gasteiger partial charge in [0.2, 0.25) is 5.91 Å². The van der Waals surface area contributed by atoms with Gasteiger partial charge >= 0.3 is 0 Å². The SMILES string of the molecule is CCC[C@@H](C(N)=O)N(CCCc1ccc(OC[C@@H](O)CO)cc1)C(=N)N.Cl. The van der Waals surface area contributed by atoms with Crippen LogP contribution in [-0.2, 0) is 11.2 Å². The largest absolute Gasteiger partial charge is 0.491 e. The molecule has 1 amide bonds. The fraction of sp³-hybridized carbons (Fsp3) is 0.556. The lowest BCUT2D eigenvalue weighted by molar-refractivity contribution is -0.122. The molecule has 0 aliphatic carbocycles. The van der Waals surface area contributed by atoms with Crippen molar-refractivity contribution in [2.45, 2.75) is 44.8 Å². The fourth-order valence-corrected chi connectivity index (χ4v) is 2.62. The number of benzene rings is 1. The van der Waals surface area contributed by atoms with Gasteiger partial charge < -0.3 is 31.3 Å². The third kappa shape index (κ3) is 8.94. The molecule has 0 aliphatic rings. The van der Waals surface area contributed by atoms with E-state index in [1.54, 1.807) is 17.0 Å². The molecule has 0 saturated carbocycles. The Labute approximate surface area is 166 Å². The van der Waals surface area contributed by atoms with Crippen molar-refractivity contribution < 1.29 is 19.7 Å². The number of aliphatic hydroxyl groups excluding tert-OH is 2. The molecule has 0 aliphatic heterocycles. The molecule has 27 heavy (non-hydrogen) atoms. The van der Waals surface area contributed by atoms with E-state index in [4.69, 9.17) is 26.7 Å². The first-order valence-corrected chi connectivity index (χ1v) is 8.79. The van der Waals surface area contributed by atoms with E-state index in [0.29, 0.717) is 18.7 Å². The van der Waals surface area contributed by atoms with Gasteiger partial charge in [0.05, 0.1) is 6.61 Å². The van der Waals surface area contributed by atoms with Gasteiger partial charge in [-0.3, -0.25) is 10.2 Å². The minimum absolute atomic E-state index is 0. The molecular weight excluding hydrogens is 372 g/mol. The summed E-state index contributed by atoms with van der Waals surface area (Å²) in [7, 11) is 0. The molecule has 0 bridgehead atoms. The van der Waals surface area contributed by atoms with Gasteiger partial charge in [0.1, 0.15) is 24.5 Å². The maximum Gasteiger partial charge on any atom is 0.240 e. The molecule has 9 heteroatoms. The molecule has 2 atom stereocenters. The maximum absolute atomic E-state index is 11.6. The quantitative estimate of drug-likeness (QED) is 0.256. The van der Waals surface area contributed by atoms with Crippen LogP contribution in [0.25, 0.3) is 0 Å². The summed E-state index contributed by atoms with van der Waals surface area (Å²) in [6, 6.07) is 6.87. The van der Waals surface area contributed by atoms with Crippen molar-refractivity contribution in [3.63, 3.8) is 0 Å². The second-order valence-corrected chi connectivity index (χ2v) is 6.18. The van der Waals surface area contributed by atoms with Crippen LogP contribution in [0.2, 0.25) is 0 Å². The van der Waals surface area contributed by atoms with E-state index in [0.717, 1.165) is 24.8 Å². The van der Waals surface area contributed by atoms with Crippen LogP contribution in [0.5, 0.6) is 5.75 Å². The number of nitrogens with one attached hydrogen (secondary N) is 1. The summed E-state index contributed by atoms with van der Waals surface area (Å²) in [5.41, 5.74) is 12.1. The summed E-state index contributed by atoms with van der Waals surface area (Å²) < 4.78 is 5.36. The number of carbonyl (C=O) groups excluding carboxylic acids is 1. The van der Waals surface area contributed by atoms with Crippen molar-refractivity contribution in [1.29, 1.82) is 5.41 Å². The normalized spacial score (nSPS) is 12.6. The average molecular weight is 403 g/mol. The number of ether oxygens (including phenoxy) is 1. The number of primary amides is 1. The molecular formula is C18H31ClN4O4. The van der Waals surface area contributed by atoms with Crippen molar-refractivity contribution in [3.8, 4) is 5.75 Å². The van der Waals surface area contributed by atoms with Crippen LogP contribution in [0.15, 0.2) is 24.3 Å². The summed E-state index contributed by atoms with van der Waals surface area (Å²) in [6.45, 7) is 2.13. The molecule has 1 aromatic rings. The second kappa shape index (κ2) is 13.2. The summed E-state index contributed by atoms with van der Waals surface area (Å²) in [4.78, 5) is 13.2. The van der Waals surface area contributed by atoms with Gasteiger partial charge in [-0.05, 0) is 37.0 Å². The van der Waals surface area contributed by atoms with E-state index in [1.165, 1.54) is 0 Å². The van der Waals surface area contributed by atoms with E-state index >= 15 is 0 Å². The van der Waals surface area contributed by atoms with E-state index < -0.39 is 18.1 Å². The first-order chi connectivity index (χ1) is 12.4. The topological polar surface area (TPSA) is 146 Å². The van der Waals surface area contributed by atoms with Crippen LogP contribution in [-0.4, -0.2) is 58.9 Å². The number of rotatable bonds is 12. The molecule has 0 heterocycles. The van der Waals surface area contributed by atoms with E-state index in [1.807, 2.05) is 19.1 Å². The number of guanidine groups is 1. The Morgan fingerprint density at radius 1 is 1.30 bits per heavy atom. The van der Waals surface area contributed by atoms with Crippen LogP contribution < -0.4 is 16.2 Å². The highest BCUT2D eigenvalue weighted by molar-refractivity contribution is 5.86. The van der Waals surface area contributed by atoms with E-state index in [9.17, 15) is 9.90 Å². The molecule has 154 valence electrons. The number of hydrogen-bond acceptors (Lipinski definition) is 5. The third-order valence-corrected chi connectivity index (χ3v) is 4.02. The van der Waals surface area contributed by atoms with Gasteiger partial charge in [-0.1, -0.05) is 25.5 Å². The number of halogens is 1. The number of aliphatic hydroxyl groups is 2. The highest BCUT2D eigenvalue weighted by atomic mass is 35.5. The van der Waals surface area contributed by atoms with Crippen molar-refractivity contribution in [2.75, 3.05) is 19.8 Å². The number of nitrogens with two attached hydrogens (primary N) is 2. The molecule has 0 unspecified atom stereocenters. The van der Waals surface area contributed by atoms with Crippen LogP contribution in [0, 0.1) is 5.41 Å². The monoisotopic (exact) mass is 402 g/mol. The van der Waals surface area contributed by atoms with Crippen molar-refractivity contribution in [2.24, 2.45) is 11.5 Å². The predicted molar refractivity (Wildman–Crippen MR) is 107 cm³/mol. The predicted octanol–water partition coefficient (Wildman–Crippen LogP) is 0.622. The number of carbonyl (C=O) groups is 1. The lowest BCUT2D eigenvalue weighted by Gasteiger charge is -2.29. The minimum Gasteiger partial charge on any atom is -0.491 e. The molecule has 8 nitrogen and oxygen atoms in total. The van der Waals surface area contributed by atoms with Crippen LogP contribution >= 0.6 is 12.4 Å². The van der Waals surface area contributed by atoms with Gasteiger partial charge in [0.15, 0.2) is 5.96 Å². The van der Waals surface area contributed by atoms with Gasteiger partial charge in [-0.25, -0.2) is 0 Å². The zero-order chi connectivity index (χ0) is 19.5. The van der Waals surface area contributed by atoms with Crippen molar-refractivity contribution >= 4 is 24.3 Å². The van der Waals surface area contributed by atoms with Crippen LogP contribution in [0.1, 0.15) is 31.7 Å². The highest BCUT2D eigenvalue weighted by Crippen LogP contribution is 2.15. The first-order valence-electron chi connectivity index (χ1n) is 8.79. The Morgan fingerprint density at radius 2 is 1.93 bits per heavy atom. The van der Waals surface area contributed by atoms with E-state index in [2.05, 4.69) is 0 Å². The third-order valence-electron chi connectivity index (χ3n) is 4.02. The minimum atomic E-state index is -0.895. The first kappa shape index (κ1) is 25.0. The van der Waals surface area contributed by atoms with Gasteiger partial charge in [0.25, 0.3) is 0 Å². The smallest absolute Gasteiger partial charge is 0.240 e. The maximum atomic E-state index is 11.6. The Bertz CT molecular complexity index is 571. The number of hydrogen-bond donors (Lipinski definition) is 5. The summed E-state index contributed by atoms with van der Waals surface area (Å²) in [6.07, 6.45) is 1.93. The molecule has 1 aromatic carbocycles. The summed E-state index contributed by atoms with van der Waals surface area (Å²) in [5.74, 6) is 0.00501. The van der Waals surface area contributed by atoms with Crippen molar-refractivity contribution in [3.05, 3.63) is 29.8 Å². The Hall–Kier alpha value is -2.03. The molecule has 0 saturated heterocycles. The lowest BCUT2D eigenvalue weighted by atomic mass is 10.1. The van der Waals surface area contributed by atoms with Gasteiger partial charge in [0, 0.05) is 6.54 Å². The molecule has 0 spiro atoms. The van der Waals surface area contributed by atoms with Crippen LogP contribution in [0.3, 0.4) is 0 Å². The molecule has 1 rings (SSSR count). The number of amides is 1. The zero-order valence-electron chi connectivity index (χ0n) is 15.6. The fourth-order valence-electron chi connectivity index (χ4n) is 2.62. The Kier molecular flexibility index (Phi) is 12.2. The summed E-state index contributed by atoms with van der Waals surface area (Å²) >= 11 is 0. The molecule has 7 N–H and O–H groups in total. The van der Waals surface area contributed by atoms with Crippen LogP contribution in [0.4, 0.5) is 0 Å². The highest BCUT2D eigenvalue weighted by Gasteiger charge is 2.23. The number of nitrogens with zero attached hydrogens (tertiary/aromatic N) is 1. The molecule has 0 aromatic heterocycles. The Morgan fingerprint density at radius 3 is 2.41 bits per heavy atom. The molecule has 0 fully saturated rings. The summed E-state index contributed by atoms with van der Waals surface area (Å²) in [5, 5.41) is 25.7. The van der Waals surface area contributed by atoms with Gasteiger partial charge in [-0.2, -0.15) is 0 Å². The van der Waals surface area contributed by atoms with Gasteiger partial charge in [-0.15, -0.1) is 12.4 Å². The average Bonchev–Trinajstić information content (AvgIpc) is 2.62. The van der Waals surface area contributed by atoms with E-state index in [-0.39, 0.29) is 31.6 Å². The standard InChI is InChI=1S/C18H30N4O4.ClH/c1-2-4-16(17(19)25)22(18(20)21)10-3-5-13-6-8-15(9-7-13)26-12-14(24)11-23;/h6-9,14,16,23-24H,2-5,10-12H2,1H3,(H2,19,25)(H3,20,21);1H/t14-,16-;/m0./s1. The Balaban J connectivity index is 0.00000676.